The van der Waals surface area contributed by atoms with E-state index < -0.39 is 0 Å². The first-order chi connectivity index (χ1) is 10.9. The topological polar surface area (TPSA) is 31.1 Å². The molecule has 1 aromatic heterocycles. The number of piperazine rings is 1. The van der Waals surface area contributed by atoms with E-state index in [2.05, 4.69) is 63.7 Å². The third kappa shape index (κ3) is 1.66. The fourth-order valence-corrected chi connectivity index (χ4v) is 4.08. The van der Waals surface area contributed by atoms with Crippen molar-refractivity contribution < 1.29 is 0 Å². The molecule has 2 N–H and O–H groups in total. The van der Waals surface area contributed by atoms with Crippen LogP contribution >= 0.6 is 0 Å². The standard InChI is InChI=1S/C19H19N3/c1-4-8-17-13(5-1)11-15-14-6-2-3-7-16(14)21-19(15)18-12-20-9-10-22(17)18/h1-8,18,20-21H,9-12H2/t18-/m0/s1. The van der Waals surface area contributed by atoms with Gasteiger partial charge in [-0.1, -0.05) is 36.4 Å². The maximum absolute atomic E-state index is 3.71. The molecule has 2 aliphatic rings. The van der Waals surface area contributed by atoms with Crippen LogP contribution in [0.15, 0.2) is 48.5 Å². The van der Waals surface area contributed by atoms with Gasteiger partial charge in [-0.2, -0.15) is 0 Å². The van der Waals surface area contributed by atoms with Gasteiger partial charge in [-0.15, -0.1) is 0 Å². The predicted molar refractivity (Wildman–Crippen MR) is 90.5 cm³/mol. The number of aromatic nitrogens is 1. The number of anilines is 1. The Morgan fingerprint density at radius 1 is 1.00 bits per heavy atom. The molecule has 0 saturated carbocycles. The summed E-state index contributed by atoms with van der Waals surface area (Å²) in [5.74, 6) is 0. The van der Waals surface area contributed by atoms with Gasteiger partial charge >= 0.3 is 0 Å². The minimum atomic E-state index is 0.403. The molecule has 3 nitrogen and oxygen atoms in total. The van der Waals surface area contributed by atoms with Crippen LogP contribution in [0.1, 0.15) is 22.9 Å². The van der Waals surface area contributed by atoms with Gasteiger partial charge in [0, 0.05) is 48.3 Å². The van der Waals surface area contributed by atoms with Gasteiger partial charge in [0.25, 0.3) is 0 Å². The van der Waals surface area contributed by atoms with Gasteiger partial charge in [0.15, 0.2) is 0 Å². The van der Waals surface area contributed by atoms with Crippen molar-refractivity contribution in [3.05, 3.63) is 65.4 Å². The van der Waals surface area contributed by atoms with Crippen molar-refractivity contribution in [2.24, 2.45) is 0 Å². The Morgan fingerprint density at radius 3 is 2.86 bits per heavy atom. The lowest BCUT2D eigenvalue weighted by molar-refractivity contribution is 0.484. The van der Waals surface area contributed by atoms with Crippen molar-refractivity contribution in [2.45, 2.75) is 12.5 Å². The lowest BCUT2D eigenvalue weighted by Gasteiger charge is -2.37. The van der Waals surface area contributed by atoms with Crippen molar-refractivity contribution in [3.8, 4) is 0 Å². The fraction of sp³-hybridized carbons (Fsp3) is 0.263. The van der Waals surface area contributed by atoms with Crippen LogP contribution in [0.25, 0.3) is 10.9 Å². The van der Waals surface area contributed by atoms with Crippen LogP contribution in [0.2, 0.25) is 0 Å². The largest absolute Gasteiger partial charge is 0.360 e. The molecule has 0 unspecified atom stereocenters. The Kier molecular flexibility index (Phi) is 2.58. The number of nitrogens with one attached hydrogen (secondary N) is 2. The van der Waals surface area contributed by atoms with Crippen LogP contribution in [-0.4, -0.2) is 24.6 Å². The summed E-state index contributed by atoms with van der Waals surface area (Å²) in [4.78, 5) is 6.28. The zero-order chi connectivity index (χ0) is 14.5. The molecule has 3 aromatic rings. The summed E-state index contributed by atoms with van der Waals surface area (Å²) in [5.41, 5.74) is 6.97. The van der Waals surface area contributed by atoms with Crippen LogP contribution in [0.3, 0.4) is 0 Å². The molecule has 1 saturated heterocycles. The van der Waals surface area contributed by atoms with Gasteiger partial charge in [0.1, 0.15) is 0 Å². The highest BCUT2D eigenvalue weighted by atomic mass is 15.2. The molecule has 0 radical (unpaired) electrons. The number of hydrogen-bond donors (Lipinski definition) is 2. The Labute approximate surface area is 130 Å². The van der Waals surface area contributed by atoms with Crippen molar-refractivity contribution >= 4 is 16.6 Å². The fourth-order valence-electron chi connectivity index (χ4n) is 4.08. The van der Waals surface area contributed by atoms with E-state index in [0.29, 0.717) is 6.04 Å². The highest BCUT2D eigenvalue weighted by Gasteiger charge is 2.32. The maximum Gasteiger partial charge on any atom is 0.0819 e. The number of para-hydroxylation sites is 2. The molecule has 0 spiro atoms. The van der Waals surface area contributed by atoms with Crippen LogP contribution < -0.4 is 10.2 Å². The van der Waals surface area contributed by atoms with E-state index in [1.165, 1.54) is 33.4 Å². The summed E-state index contributed by atoms with van der Waals surface area (Å²) in [5, 5.41) is 4.94. The Balaban J connectivity index is 1.80. The number of H-pyrrole nitrogens is 1. The minimum Gasteiger partial charge on any atom is -0.360 e. The average Bonchev–Trinajstić information content (AvgIpc) is 2.87. The lowest BCUT2D eigenvalue weighted by Crippen LogP contribution is -2.46. The van der Waals surface area contributed by atoms with Gasteiger partial charge in [-0.3, -0.25) is 0 Å². The van der Waals surface area contributed by atoms with Crippen LogP contribution in [0.5, 0.6) is 0 Å². The summed E-state index contributed by atoms with van der Waals surface area (Å²) < 4.78 is 0. The molecular weight excluding hydrogens is 270 g/mol. The summed E-state index contributed by atoms with van der Waals surface area (Å²) in [6, 6.07) is 18.0. The second kappa shape index (κ2) is 4.62. The van der Waals surface area contributed by atoms with Crippen LogP contribution in [0, 0.1) is 0 Å². The normalized spacial score (nSPS) is 20.2. The van der Waals surface area contributed by atoms with Crippen LogP contribution in [-0.2, 0) is 6.42 Å². The lowest BCUT2D eigenvalue weighted by atomic mass is 10.0. The number of aromatic amines is 1. The van der Waals surface area contributed by atoms with Gasteiger partial charge in [0.2, 0.25) is 0 Å². The number of rotatable bonds is 0. The van der Waals surface area contributed by atoms with Gasteiger partial charge in [-0.05, 0) is 23.3 Å². The molecular formula is C19H19N3. The third-order valence-corrected chi connectivity index (χ3v) is 5.09. The highest BCUT2D eigenvalue weighted by molar-refractivity contribution is 5.86. The van der Waals surface area contributed by atoms with E-state index in [1.807, 2.05) is 0 Å². The Bertz CT molecular complexity index is 849. The zero-order valence-electron chi connectivity index (χ0n) is 12.5. The van der Waals surface area contributed by atoms with Gasteiger partial charge in [0.05, 0.1) is 6.04 Å². The quantitative estimate of drug-likeness (QED) is 0.666. The molecule has 0 aliphatic carbocycles. The van der Waals surface area contributed by atoms with E-state index in [-0.39, 0.29) is 0 Å². The minimum absolute atomic E-state index is 0.403. The molecule has 1 fully saturated rings. The van der Waals surface area contributed by atoms with Crippen molar-refractivity contribution in [1.29, 1.82) is 0 Å². The molecule has 5 rings (SSSR count). The number of hydrogen-bond acceptors (Lipinski definition) is 2. The summed E-state index contributed by atoms with van der Waals surface area (Å²) in [6.45, 7) is 3.13. The summed E-state index contributed by atoms with van der Waals surface area (Å²) in [7, 11) is 0. The van der Waals surface area contributed by atoms with E-state index in [4.69, 9.17) is 0 Å². The Morgan fingerprint density at radius 2 is 1.86 bits per heavy atom. The van der Waals surface area contributed by atoms with Crippen molar-refractivity contribution in [3.63, 3.8) is 0 Å². The zero-order valence-corrected chi connectivity index (χ0v) is 12.5. The first kappa shape index (κ1) is 12.3. The van der Waals surface area contributed by atoms with E-state index in [1.54, 1.807) is 0 Å². The number of nitrogens with zero attached hydrogens (tertiary/aromatic N) is 1. The van der Waals surface area contributed by atoms with E-state index in [0.717, 1.165) is 26.1 Å². The molecule has 2 aromatic carbocycles. The van der Waals surface area contributed by atoms with Gasteiger partial charge < -0.3 is 15.2 Å². The molecule has 3 heterocycles. The smallest absolute Gasteiger partial charge is 0.0819 e. The summed E-state index contributed by atoms with van der Waals surface area (Å²) >= 11 is 0. The number of fused-ring (bicyclic) bond motifs is 7. The first-order valence-corrected chi connectivity index (χ1v) is 8.06. The van der Waals surface area contributed by atoms with E-state index in [9.17, 15) is 0 Å². The molecule has 0 bridgehead atoms. The molecule has 2 aliphatic heterocycles. The van der Waals surface area contributed by atoms with Gasteiger partial charge in [-0.25, -0.2) is 0 Å². The predicted octanol–water partition coefficient (Wildman–Crippen LogP) is 3.22. The molecule has 3 heteroatoms. The SMILES string of the molecule is c1ccc2c(c1)Cc1c([nH]c3ccccc13)[C@@H]1CNCCN21. The third-order valence-electron chi connectivity index (χ3n) is 5.09. The maximum atomic E-state index is 3.71. The monoisotopic (exact) mass is 289 g/mol. The molecule has 0 amide bonds. The molecule has 22 heavy (non-hydrogen) atoms. The summed E-state index contributed by atoms with van der Waals surface area (Å²) in [6.07, 6.45) is 1.02. The van der Waals surface area contributed by atoms with Crippen molar-refractivity contribution in [2.75, 3.05) is 24.5 Å². The highest BCUT2D eigenvalue weighted by Crippen LogP contribution is 2.40. The number of benzene rings is 2. The average molecular weight is 289 g/mol. The Hall–Kier alpha value is -2.26. The van der Waals surface area contributed by atoms with Crippen LogP contribution in [0.4, 0.5) is 5.69 Å². The molecule has 1 atom stereocenters. The molecule has 110 valence electrons. The van der Waals surface area contributed by atoms with Crippen molar-refractivity contribution in [1.82, 2.24) is 10.3 Å². The van der Waals surface area contributed by atoms with E-state index >= 15 is 0 Å². The first-order valence-electron chi connectivity index (χ1n) is 8.06. The second-order valence-electron chi connectivity index (χ2n) is 6.28. The second-order valence-corrected chi connectivity index (χ2v) is 6.28.